The van der Waals surface area contributed by atoms with Crippen molar-refractivity contribution in [1.82, 2.24) is 0 Å². The largest absolute Gasteiger partial charge is 0.419 e. The number of alkyl halides is 3. The molecule has 0 unspecified atom stereocenters. The average molecular weight is 242 g/mol. The van der Waals surface area contributed by atoms with Gasteiger partial charge in [0, 0.05) is 5.02 Å². The van der Waals surface area contributed by atoms with Crippen LogP contribution in [0, 0.1) is 5.82 Å². The monoisotopic (exact) mass is 241 g/mol. The van der Waals surface area contributed by atoms with Gasteiger partial charge >= 0.3 is 6.18 Å². The number of carbonyl (C=O) groups is 1. The molecule has 0 aromatic heterocycles. The van der Waals surface area contributed by atoms with Gasteiger partial charge in [-0.05, 0) is 12.1 Å². The lowest BCUT2D eigenvalue weighted by Gasteiger charge is -2.10. The Kier molecular flexibility index (Phi) is 2.90. The maximum absolute atomic E-state index is 13.1. The smallest absolute Gasteiger partial charge is 0.366 e. The molecule has 0 radical (unpaired) electrons. The molecule has 0 aliphatic carbocycles. The lowest BCUT2D eigenvalue weighted by molar-refractivity contribution is -0.140. The summed E-state index contributed by atoms with van der Waals surface area (Å²) in [7, 11) is 0. The second-order valence-electron chi connectivity index (χ2n) is 2.68. The van der Waals surface area contributed by atoms with Gasteiger partial charge in [-0.25, -0.2) is 4.39 Å². The highest BCUT2D eigenvalue weighted by Crippen LogP contribution is 2.34. The Bertz CT molecular complexity index is 416. The number of halogens is 5. The lowest BCUT2D eigenvalue weighted by atomic mass is 10.1. The summed E-state index contributed by atoms with van der Waals surface area (Å²) in [5.74, 6) is -3.01. The van der Waals surface area contributed by atoms with E-state index in [-0.39, 0.29) is 0 Å². The summed E-state index contributed by atoms with van der Waals surface area (Å²) in [6, 6.07) is 1.14. The van der Waals surface area contributed by atoms with E-state index in [2.05, 4.69) is 0 Å². The van der Waals surface area contributed by atoms with Crippen LogP contribution >= 0.6 is 11.6 Å². The van der Waals surface area contributed by atoms with Crippen LogP contribution < -0.4 is 5.73 Å². The van der Waals surface area contributed by atoms with Crippen molar-refractivity contribution in [3.8, 4) is 0 Å². The molecular weight excluding hydrogens is 238 g/mol. The van der Waals surface area contributed by atoms with Crippen LogP contribution in [0.15, 0.2) is 12.1 Å². The van der Waals surface area contributed by atoms with E-state index < -0.39 is 34.1 Å². The van der Waals surface area contributed by atoms with Crippen molar-refractivity contribution in [2.24, 2.45) is 5.73 Å². The highest BCUT2D eigenvalue weighted by molar-refractivity contribution is 6.31. The van der Waals surface area contributed by atoms with Gasteiger partial charge in [-0.1, -0.05) is 11.6 Å². The summed E-state index contributed by atoms with van der Waals surface area (Å²) in [5, 5.41) is -0.405. The van der Waals surface area contributed by atoms with Gasteiger partial charge in [-0.2, -0.15) is 13.2 Å². The number of carbonyl (C=O) groups excluding carboxylic acids is 1. The molecular formula is C8H4ClF4NO. The Labute approximate surface area is 86.6 Å². The van der Waals surface area contributed by atoms with Crippen LogP contribution in [0.3, 0.4) is 0 Å². The van der Waals surface area contributed by atoms with E-state index in [4.69, 9.17) is 17.3 Å². The fourth-order valence-corrected chi connectivity index (χ4v) is 1.19. The Hall–Kier alpha value is -1.30. The quantitative estimate of drug-likeness (QED) is 0.755. The van der Waals surface area contributed by atoms with E-state index in [9.17, 15) is 22.4 Å². The van der Waals surface area contributed by atoms with Crippen LogP contribution in [0.4, 0.5) is 17.6 Å². The first kappa shape index (κ1) is 11.8. The van der Waals surface area contributed by atoms with Gasteiger partial charge in [0.25, 0.3) is 5.91 Å². The molecule has 0 atom stereocenters. The molecule has 0 fully saturated rings. The minimum atomic E-state index is -4.92. The van der Waals surface area contributed by atoms with Crippen molar-refractivity contribution in [2.75, 3.05) is 0 Å². The number of hydrogen-bond acceptors (Lipinski definition) is 1. The number of amides is 1. The van der Waals surface area contributed by atoms with E-state index in [1.54, 1.807) is 0 Å². The average Bonchev–Trinajstić information content (AvgIpc) is 2.06. The second kappa shape index (κ2) is 3.69. The Morgan fingerprint density at radius 2 is 1.87 bits per heavy atom. The maximum Gasteiger partial charge on any atom is 0.419 e. The van der Waals surface area contributed by atoms with Crippen LogP contribution in [0.25, 0.3) is 0 Å². The van der Waals surface area contributed by atoms with Gasteiger partial charge < -0.3 is 5.73 Å². The number of hydrogen-bond donors (Lipinski definition) is 1. The Balaban J connectivity index is 3.49. The maximum atomic E-state index is 13.1. The number of nitrogens with two attached hydrogens (primary N) is 1. The standard InChI is InChI=1S/C8H4ClF4NO/c9-3-1-4(7(14)15)6(10)5(2-3)8(11,12)13/h1-2H,(H2,14,15). The van der Waals surface area contributed by atoms with Gasteiger partial charge in [-0.3, -0.25) is 4.79 Å². The van der Waals surface area contributed by atoms with Gasteiger partial charge in [0.05, 0.1) is 11.1 Å². The Morgan fingerprint density at radius 3 is 2.27 bits per heavy atom. The highest BCUT2D eigenvalue weighted by Gasteiger charge is 2.36. The summed E-state index contributed by atoms with van der Waals surface area (Å²) >= 11 is 5.30. The Morgan fingerprint density at radius 1 is 1.33 bits per heavy atom. The normalized spacial score (nSPS) is 11.5. The summed E-state index contributed by atoms with van der Waals surface area (Å²) in [6.07, 6.45) is -4.92. The molecule has 2 nitrogen and oxygen atoms in total. The molecule has 0 saturated heterocycles. The predicted octanol–water partition coefficient (Wildman–Crippen LogP) is 2.60. The molecule has 0 aliphatic heterocycles. The van der Waals surface area contributed by atoms with Crippen molar-refractivity contribution in [3.05, 3.63) is 34.1 Å². The first-order chi connectivity index (χ1) is 6.73. The zero-order valence-corrected chi connectivity index (χ0v) is 7.79. The molecule has 1 amide bonds. The van der Waals surface area contributed by atoms with Crippen LogP contribution in [-0.4, -0.2) is 5.91 Å². The van der Waals surface area contributed by atoms with E-state index in [0.29, 0.717) is 6.07 Å². The lowest BCUT2D eigenvalue weighted by Crippen LogP contribution is -2.17. The number of primary amides is 1. The third kappa shape index (κ3) is 2.38. The molecule has 82 valence electrons. The van der Waals surface area contributed by atoms with E-state index in [0.717, 1.165) is 6.07 Å². The van der Waals surface area contributed by atoms with Crippen molar-refractivity contribution in [3.63, 3.8) is 0 Å². The van der Waals surface area contributed by atoms with Crippen LogP contribution in [0.5, 0.6) is 0 Å². The van der Waals surface area contributed by atoms with Crippen LogP contribution in [0.1, 0.15) is 15.9 Å². The van der Waals surface area contributed by atoms with Crippen molar-refractivity contribution in [2.45, 2.75) is 6.18 Å². The molecule has 2 N–H and O–H groups in total. The molecule has 1 aromatic carbocycles. The van der Waals surface area contributed by atoms with E-state index >= 15 is 0 Å². The van der Waals surface area contributed by atoms with Crippen LogP contribution in [0.2, 0.25) is 5.02 Å². The van der Waals surface area contributed by atoms with E-state index in [1.807, 2.05) is 0 Å². The second-order valence-corrected chi connectivity index (χ2v) is 3.11. The van der Waals surface area contributed by atoms with Gasteiger partial charge in [0.15, 0.2) is 0 Å². The molecule has 0 aliphatic rings. The van der Waals surface area contributed by atoms with Gasteiger partial charge in [0.1, 0.15) is 5.82 Å². The SMILES string of the molecule is NC(=O)c1cc(Cl)cc(C(F)(F)F)c1F. The number of benzene rings is 1. The first-order valence-corrected chi connectivity index (χ1v) is 3.97. The zero-order valence-electron chi connectivity index (χ0n) is 7.03. The summed E-state index contributed by atoms with van der Waals surface area (Å²) in [5.41, 5.74) is 2.20. The van der Waals surface area contributed by atoms with Crippen molar-refractivity contribution < 1.29 is 22.4 Å². The molecule has 7 heteroatoms. The minimum Gasteiger partial charge on any atom is -0.366 e. The third-order valence-corrected chi connectivity index (χ3v) is 1.83. The van der Waals surface area contributed by atoms with Crippen LogP contribution in [-0.2, 0) is 6.18 Å². The summed E-state index contributed by atoms with van der Waals surface area (Å²) < 4.78 is 49.8. The fourth-order valence-electron chi connectivity index (χ4n) is 0.975. The molecule has 1 aromatic rings. The number of rotatable bonds is 1. The first-order valence-electron chi connectivity index (χ1n) is 3.59. The molecule has 0 bridgehead atoms. The van der Waals surface area contributed by atoms with Crippen molar-refractivity contribution in [1.29, 1.82) is 0 Å². The molecule has 0 heterocycles. The molecule has 0 saturated carbocycles. The molecule has 15 heavy (non-hydrogen) atoms. The minimum absolute atomic E-state index is 0.392. The fraction of sp³-hybridized carbons (Fsp3) is 0.125. The van der Waals surface area contributed by atoms with Gasteiger partial charge in [-0.15, -0.1) is 0 Å². The highest BCUT2D eigenvalue weighted by atomic mass is 35.5. The third-order valence-electron chi connectivity index (χ3n) is 1.61. The summed E-state index contributed by atoms with van der Waals surface area (Å²) in [6.45, 7) is 0. The van der Waals surface area contributed by atoms with E-state index in [1.165, 1.54) is 0 Å². The van der Waals surface area contributed by atoms with Gasteiger partial charge in [0.2, 0.25) is 0 Å². The molecule has 0 spiro atoms. The summed E-state index contributed by atoms with van der Waals surface area (Å²) in [4.78, 5) is 10.6. The topological polar surface area (TPSA) is 43.1 Å². The van der Waals surface area contributed by atoms with Crippen molar-refractivity contribution >= 4 is 17.5 Å². The molecule has 1 rings (SSSR count). The predicted molar refractivity (Wildman–Crippen MR) is 44.9 cm³/mol. The zero-order chi connectivity index (χ0) is 11.8.